The van der Waals surface area contributed by atoms with Gasteiger partial charge in [0.1, 0.15) is 0 Å². The monoisotopic (exact) mass is 249 g/mol. The molecule has 2 heterocycles. The smallest absolute Gasteiger partial charge is 0.0637 e. The summed E-state index contributed by atoms with van der Waals surface area (Å²) in [7, 11) is 0. The molecular weight excluding hydrogens is 226 g/mol. The minimum Gasteiger partial charge on any atom is -0.390 e. The first kappa shape index (κ1) is 13.3. The van der Waals surface area contributed by atoms with E-state index in [2.05, 4.69) is 16.0 Å². The lowest BCUT2D eigenvalue weighted by molar-refractivity contribution is 0.0481. The quantitative estimate of drug-likeness (QED) is 0.839. The largest absolute Gasteiger partial charge is 0.390 e. The third kappa shape index (κ3) is 3.21. The van der Waals surface area contributed by atoms with Gasteiger partial charge in [-0.1, -0.05) is 0 Å². The zero-order chi connectivity index (χ0) is 13.2. The van der Waals surface area contributed by atoms with Crippen LogP contribution >= 0.6 is 0 Å². The van der Waals surface area contributed by atoms with Crippen LogP contribution in [0.3, 0.4) is 0 Å². The molecule has 0 aromatic carbocycles. The summed E-state index contributed by atoms with van der Waals surface area (Å²) in [4.78, 5) is 6.68. The fourth-order valence-electron chi connectivity index (χ4n) is 2.38. The van der Waals surface area contributed by atoms with Gasteiger partial charge in [-0.25, -0.2) is 0 Å². The van der Waals surface area contributed by atoms with Crippen LogP contribution in [0.5, 0.6) is 0 Å². The Labute approximate surface area is 109 Å². The SMILES string of the molecule is CC(N)c1ccc(N2CCCC(C)(O)CC2)cn1. The van der Waals surface area contributed by atoms with Crippen LogP contribution in [0.15, 0.2) is 18.3 Å². The highest BCUT2D eigenvalue weighted by Gasteiger charge is 2.25. The Morgan fingerprint density at radius 2 is 2.17 bits per heavy atom. The molecule has 0 spiro atoms. The van der Waals surface area contributed by atoms with Crippen LogP contribution in [0.25, 0.3) is 0 Å². The van der Waals surface area contributed by atoms with E-state index in [1.807, 2.05) is 26.1 Å². The van der Waals surface area contributed by atoms with Gasteiger partial charge >= 0.3 is 0 Å². The summed E-state index contributed by atoms with van der Waals surface area (Å²) >= 11 is 0. The number of hydrogen-bond donors (Lipinski definition) is 2. The molecule has 0 bridgehead atoms. The van der Waals surface area contributed by atoms with Crippen molar-refractivity contribution in [3.05, 3.63) is 24.0 Å². The van der Waals surface area contributed by atoms with Gasteiger partial charge in [-0.15, -0.1) is 0 Å². The van der Waals surface area contributed by atoms with E-state index in [1.165, 1.54) is 0 Å². The molecule has 2 rings (SSSR count). The molecular formula is C14H23N3O. The molecule has 3 N–H and O–H groups in total. The van der Waals surface area contributed by atoms with Crippen molar-refractivity contribution >= 4 is 5.69 Å². The maximum absolute atomic E-state index is 10.1. The molecule has 0 aliphatic carbocycles. The van der Waals surface area contributed by atoms with Crippen LogP contribution in [-0.2, 0) is 0 Å². The van der Waals surface area contributed by atoms with Gasteiger partial charge < -0.3 is 15.7 Å². The topological polar surface area (TPSA) is 62.4 Å². The Hall–Kier alpha value is -1.13. The van der Waals surface area contributed by atoms with E-state index in [9.17, 15) is 5.11 Å². The highest BCUT2D eigenvalue weighted by molar-refractivity contribution is 5.45. The Kier molecular flexibility index (Phi) is 3.88. The molecule has 1 aromatic rings. The summed E-state index contributed by atoms with van der Waals surface area (Å²) in [6.45, 7) is 5.72. The first-order valence-electron chi connectivity index (χ1n) is 6.67. The normalized spacial score (nSPS) is 26.8. The Balaban J connectivity index is 2.07. The first-order chi connectivity index (χ1) is 8.48. The van der Waals surface area contributed by atoms with Gasteiger partial charge in [-0.05, 0) is 45.2 Å². The highest BCUT2D eigenvalue weighted by Crippen LogP contribution is 2.25. The Bertz CT molecular complexity index is 387. The lowest BCUT2D eigenvalue weighted by Crippen LogP contribution is -2.28. The summed E-state index contributed by atoms with van der Waals surface area (Å²) < 4.78 is 0. The summed E-state index contributed by atoms with van der Waals surface area (Å²) in [5.41, 5.74) is 7.31. The molecule has 0 amide bonds. The molecule has 1 fully saturated rings. The van der Waals surface area contributed by atoms with Crippen molar-refractivity contribution in [3.8, 4) is 0 Å². The van der Waals surface area contributed by atoms with Gasteiger partial charge in [-0.3, -0.25) is 4.98 Å². The van der Waals surface area contributed by atoms with Crippen molar-refractivity contribution in [1.29, 1.82) is 0 Å². The molecule has 0 saturated carbocycles. The fraction of sp³-hybridized carbons (Fsp3) is 0.643. The van der Waals surface area contributed by atoms with Crippen molar-refractivity contribution in [1.82, 2.24) is 4.98 Å². The number of aliphatic hydroxyl groups is 1. The van der Waals surface area contributed by atoms with E-state index < -0.39 is 5.60 Å². The molecule has 1 aliphatic heterocycles. The van der Waals surface area contributed by atoms with E-state index in [0.29, 0.717) is 0 Å². The lowest BCUT2D eigenvalue weighted by Gasteiger charge is -2.24. The number of rotatable bonds is 2. The summed E-state index contributed by atoms with van der Waals surface area (Å²) in [6, 6.07) is 4.04. The third-order valence-electron chi connectivity index (χ3n) is 3.67. The second-order valence-electron chi connectivity index (χ2n) is 5.57. The van der Waals surface area contributed by atoms with Crippen molar-refractivity contribution < 1.29 is 5.11 Å². The molecule has 2 atom stereocenters. The van der Waals surface area contributed by atoms with Crippen LogP contribution in [0.2, 0.25) is 0 Å². The van der Waals surface area contributed by atoms with Gasteiger partial charge in [0, 0.05) is 19.1 Å². The maximum Gasteiger partial charge on any atom is 0.0637 e. The summed E-state index contributed by atoms with van der Waals surface area (Å²) in [6.07, 6.45) is 4.58. The molecule has 18 heavy (non-hydrogen) atoms. The van der Waals surface area contributed by atoms with Crippen LogP contribution in [-0.4, -0.2) is 28.8 Å². The van der Waals surface area contributed by atoms with Gasteiger partial charge in [0.05, 0.1) is 23.2 Å². The third-order valence-corrected chi connectivity index (χ3v) is 3.67. The van der Waals surface area contributed by atoms with Gasteiger partial charge in [0.15, 0.2) is 0 Å². The molecule has 0 radical (unpaired) electrons. The molecule has 1 aromatic heterocycles. The van der Waals surface area contributed by atoms with Crippen molar-refractivity contribution in [2.24, 2.45) is 5.73 Å². The Morgan fingerprint density at radius 1 is 1.39 bits per heavy atom. The maximum atomic E-state index is 10.1. The van der Waals surface area contributed by atoms with Crippen molar-refractivity contribution in [3.63, 3.8) is 0 Å². The van der Waals surface area contributed by atoms with Crippen LogP contribution in [0, 0.1) is 0 Å². The standard InChI is InChI=1S/C14H23N3O/c1-11(15)13-5-4-12(10-16-13)17-8-3-6-14(2,18)7-9-17/h4-5,10-11,18H,3,6-9,15H2,1-2H3. The van der Waals surface area contributed by atoms with Crippen molar-refractivity contribution in [2.75, 3.05) is 18.0 Å². The fourth-order valence-corrected chi connectivity index (χ4v) is 2.38. The highest BCUT2D eigenvalue weighted by atomic mass is 16.3. The summed E-state index contributed by atoms with van der Waals surface area (Å²) in [5.74, 6) is 0. The number of pyridine rings is 1. The van der Waals surface area contributed by atoms with Crippen LogP contribution < -0.4 is 10.6 Å². The molecule has 1 saturated heterocycles. The predicted octanol–water partition coefficient (Wildman–Crippen LogP) is 1.84. The Morgan fingerprint density at radius 3 is 2.78 bits per heavy atom. The van der Waals surface area contributed by atoms with E-state index in [4.69, 9.17) is 5.73 Å². The first-order valence-corrected chi connectivity index (χ1v) is 6.67. The zero-order valence-corrected chi connectivity index (χ0v) is 11.3. The van der Waals surface area contributed by atoms with E-state index in [-0.39, 0.29) is 6.04 Å². The van der Waals surface area contributed by atoms with Gasteiger partial charge in [0.25, 0.3) is 0 Å². The molecule has 4 heteroatoms. The van der Waals surface area contributed by atoms with Gasteiger partial charge in [0.2, 0.25) is 0 Å². The molecule has 2 unspecified atom stereocenters. The average Bonchev–Trinajstić information content (AvgIpc) is 2.50. The average molecular weight is 249 g/mol. The zero-order valence-electron chi connectivity index (χ0n) is 11.3. The molecule has 4 nitrogen and oxygen atoms in total. The predicted molar refractivity (Wildman–Crippen MR) is 73.5 cm³/mol. The van der Waals surface area contributed by atoms with E-state index >= 15 is 0 Å². The second-order valence-corrected chi connectivity index (χ2v) is 5.57. The van der Waals surface area contributed by atoms with E-state index in [0.717, 1.165) is 43.7 Å². The number of nitrogens with two attached hydrogens (primary N) is 1. The van der Waals surface area contributed by atoms with Gasteiger partial charge in [-0.2, -0.15) is 0 Å². The van der Waals surface area contributed by atoms with Crippen LogP contribution in [0.1, 0.15) is 44.8 Å². The number of anilines is 1. The minimum absolute atomic E-state index is 0.0242. The minimum atomic E-state index is -0.520. The number of hydrogen-bond acceptors (Lipinski definition) is 4. The van der Waals surface area contributed by atoms with E-state index in [1.54, 1.807) is 0 Å². The number of nitrogens with zero attached hydrogens (tertiary/aromatic N) is 2. The number of aromatic nitrogens is 1. The lowest BCUT2D eigenvalue weighted by atomic mass is 9.98. The van der Waals surface area contributed by atoms with Crippen LogP contribution in [0.4, 0.5) is 5.69 Å². The second kappa shape index (κ2) is 5.24. The molecule has 1 aliphatic rings. The molecule has 100 valence electrons. The van der Waals surface area contributed by atoms with Crippen molar-refractivity contribution in [2.45, 2.75) is 44.8 Å². The summed E-state index contributed by atoms with van der Waals surface area (Å²) in [5, 5.41) is 10.1.